The van der Waals surface area contributed by atoms with Gasteiger partial charge in [0, 0.05) is 11.8 Å². The molecule has 0 radical (unpaired) electrons. The van der Waals surface area contributed by atoms with Crippen LogP contribution in [0.1, 0.15) is 0 Å². The van der Waals surface area contributed by atoms with Crippen molar-refractivity contribution in [2.75, 3.05) is 18.2 Å². The third-order valence-corrected chi connectivity index (χ3v) is 3.76. The highest BCUT2D eigenvalue weighted by Gasteiger charge is 2.08. The largest absolute Gasteiger partial charge is 0.497 e. The van der Waals surface area contributed by atoms with E-state index < -0.39 is 0 Å². The quantitative estimate of drug-likeness (QED) is 0.721. The summed E-state index contributed by atoms with van der Waals surface area (Å²) in [5, 5.41) is 3.58. The van der Waals surface area contributed by atoms with Crippen molar-refractivity contribution in [1.29, 1.82) is 0 Å². The van der Waals surface area contributed by atoms with Crippen LogP contribution in [0.3, 0.4) is 0 Å². The average molecular weight is 289 g/mol. The van der Waals surface area contributed by atoms with Crippen LogP contribution in [0.2, 0.25) is 0 Å². The zero-order valence-electron chi connectivity index (χ0n) is 10.7. The first-order chi connectivity index (χ1) is 9.65. The Morgan fingerprint density at radius 1 is 1.25 bits per heavy atom. The molecule has 0 aliphatic rings. The van der Waals surface area contributed by atoms with Gasteiger partial charge in [-0.2, -0.15) is 0 Å². The summed E-state index contributed by atoms with van der Waals surface area (Å²) in [6, 6.07) is 9.99. The lowest BCUT2D eigenvalue weighted by molar-refractivity contribution is 0.414. The van der Waals surface area contributed by atoms with Gasteiger partial charge in [-0.1, -0.05) is 11.3 Å². The van der Waals surface area contributed by atoms with Crippen LogP contribution < -0.4 is 15.8 Å². The van der Waals surface area contributed by atoms with E-state index in [0.29, 0.717) is 22.3 Å². The normalized spacial score (nSPS) is 10.7. The van der Waals surface area contributed by atoms with Crippen molar-refractivity contribution in [3.8, 4) is 5.75 Å². The molecule has 1 aromatic heterocycles. The number of anilines is 3. The van der Waals surface area contributed by atoms with Crippen LogP contribution in [-0.2, 0) is 0 Å². The fourth-order valence-electron chi connectivity index (χ4n) is 1.84. The van der Waals surface area contributed by atoms with Gasteiger partial charge in [-0.05, 0) is 30.3 Å². The summed E-state index contributed by atoms with van der Waals surface area (Å²) in [4.78, 5) is 4.39. The van der Waals surface area contributed by atoms with Crippen molar-refractivity contribution >= 4 is 38.1 Å². The number of halogens is 1. The SMILES string of the molecule is COc1ccc(F)c(Nc2nc3ccc(N)cc3s2)c1. The van der Waals surface area contributed by atoms with Crippen LogP contribution >= 0.6 is 11.3 Å². The molecule has 6 heteroatoms. The zero-order valence-corrected chi connectivity index (χ0v) is 11.5. The van der Waals surface area contributed by atoms with Gasteiger partial charge in [-0.25, -0.2) is 9.37 Å². The van der Waals surface area contributed by atoms with E-state index in [0.717, 1.165) is 10.2 Å². The predicted octanol–water partition coefficient (Wildman–Crippen LogP) is 3.77. The van der Waals surface area contributed by atoms with Crippen LogP contribution in [-0.4, -0.2) is 12.1 Å². The van der Waals surface area contributed by atoms with Crippen molar-refractivity contribution in [3.05, 3.63) is 42.2 Å². The molecule has 2 aromatic carbocycles. The highest BCUT2D eigenvalue weighted by molar-refractivity contribution is 7.22. The summed E-state index contributed by atoms with van der Waals surface area (Å²) in [5.41, 5.74) is 7.57. The maximum absolute atomic E-state index is 13.8. The molecular weight excluding hydrogens is 277 g/mol. The Morgan fingerprint density at radius 3 is 2.90 bits per heavy atom. The van der Waals surface area contributed by atoms with Crippen molar-refractivity contribution < 1.29 is 9.13 Å². The molecule has 0 fully saturated rings. The summed E-state index contributed by atoms with van der Waals surface area (Å²) in [5.74, 6) is 0.226. The van der Waals surface area contributed by atoms with Gasteiger partial charge in [0.05, 0.1) is 23.0 Å². The monoisotopic (exact) mass is 289 g/mol. The van der Waals surface area contributed by atoms with Crippen LogP contribution in [0.25, 0.3) is 10.2 Å². The minimum absolute atomic E-state index is 0.330. The van der Waals surface area contributed by atoms with Gasteiger partial charge in [0.25, 0.3) is 0 Å². The lowest BCUT2D eigenvalue weighted by atomic mass is 10.3. The first kappa shape index (κ1) is 12.7. The summed E-state index contributed by atoms with van der Waals surface area (Å²) in [6.45, 7) is 0. The third kappa shape index (κ3) is 2.37. The Bertz CT molecular complexity index is 772. The Kier molecular flexibility index (Phi) is 3.15. The number of hydrogen-bond acceptors (Lipinski definition) is 5. The van der Waals surface area contributed by atoms with Gasteiger partial charge in [-0.15, -0.1) is 0 Å². The number of hydrogen-bond donors (Lipinski definition) is 2. The lowest BCUT2D eigenvalue weighted by Gasteiger charge is -2.06. The maximum Gasteiger partial charge on any atom is 0.188 e. The third-order valence-electron chi connectivity index (χ3n) is 2.83. The predicted molar refractivity (Wildman–Crippen MR) is 80.3 cm³/mol. The molecule has 0 saturated heterocycles. The first-order valence-corrected chi connectivity index (χ1v) is 6.74. The highest BCUT2D eigenvalue weighted by Crippen LogP contribution is 2.31. The summed E-state index contributed by atoms with van der Waals surface area (Å²) < 4.78 is 19.8. The Balaban J connectivity index is 1.96. The Morgan fingerprint density at radius 2 is 2.10 bits per heavy atom. The van der Waals surface area contributed by atoms with Gasteiger partial charge in [0.2, 0.25) is 0 Å². The molecule has 3 rings (SSSR count). The number of nitrogen functional groups attached to an aromatic ring is 1. The fourth-order valence-corrected chi connectivity index (χ4v) is 2.76. The summed E-state index contributed by atoms with van der Waals surface area (Å²) >= 11 is 1.42. The molecule has 0 bridgehead atoms. The molecule has 0 atom stereocenters. The molecule has 0 aliphatic carbocycles. The molecule has 3 N–H and O–H groups in total. The number of rotatable bonds is 3. The van der Waals surface area contributed by atoms with Gasteiger partial charge < -0.3 is 15.8 Å². The number of thiazole rings is 1. The van der Waals surface area contributed by atoms with Crippen LogP contribution in [0.4, 0.5) is 20.9 Å². The molecule has 20 heavy (non-hydrogen) atoms. The number of nitrogens with zero attached hydrogens (tertiary/aromatic N) is 1. The van der Waals surface area contributed by atoms with E-state index in [1.807, 2.05) is 12.1 Å². The summed E-state index contributed by atoms with van der Waals surface area (Å²) in [6.07, 6.45) is 0. The maximum atomic E-state index is 13.8. The number of fused-ring (bicyclic) bond motifs is 1. The molecule has 1 heterocycles. The number of aromatic nitrogens is 1. The number of benzene rings is 2. The molecule has 0 unspecified atom stereocenters. The highest BCUT2D eigenvalue weighted by atomic mass is 32.1. The molecule has 102 valence electrons. The van der Waals surface area contributed by atoms with E-state index in [9.17, 15) is 4.39 Å². The van der Waals surface area contributed by atoms with Crippen molar-refractivity contribution in [1.82, 2.24) is 4.98 Å². The number of ether oxygens (including phenoxy) is 1. The smallest absolute Gasteiger partial charge is 0.188 e. The number of methoxy groups -OCH3 is 1. The van der Waals surface area contributed by atoms with Gasteiger partial charge >= 0.3 is 0 Å². The average Bonchev–Trinajstić information content (AvgIpc) is 2.82. The van der Waals surface area contributed by atoms with E-state index in [4.69, 9.17) is 10.5 Å². The zero-order chi connectivity index (χ0) is 14.1. The fraction of sp³-hybridized carbons (Fsp3) is 0.0714. The second-order valence-corrected chi connectivity index (χ2v) is 5.25. The Hall–Kier alpha value is -2.34. The second kappa shape index (κ2) is 4.97. The molecule has 0 spiro atoms. The van der Waals surface area contributed by atoms with Crippen molar-refractivity contribution in [2.24, 2.45) is 0 Å². The van der Waals surface area contributed by atoms with E-state index in [2.05, 4.69) is 10.3 Å². The molecule has 0 saturated carbocycles. The molecular formula is C14H12FN3OS. The van der Waals surface area contributed by atoms with E-state index in [1.165, 1.54) is 24.5 Å². The molecule has 3 aromatic rings. The minimum atomic E-state index is -0.357. The number of nitrogens with one attached hydrogen (secondary N) is 1. The topological polar surface area (TPSA) is 60.2 Å². The second-order valence-electron chi connectivity index (χ2n) is 4.22. The van der Waals surface area contributed by atoms with Gasteiger partial charge in [0.15, 0.2) is 5.13 Å². The van der Waals surface area contributed by atoms with E-state index in [1.54, 1.807) is 18.2 Å². The van der Waals surface area contributed by atoms with Gasteiger partial charge in [0.1, 0.15) is 11.6 Å². The van der Waals surface area contributed by atoms with Crippen LogP contribution in [0.5, 0.6) is 5.75 Å². The van der Waals surface area contributed by atoms with E-state index in [-0.39, 0.29) is 5.82 Å². The first-order valence-electron chi connectivity index (χ1n) is 5.92. The van der Waals surface area contributed by atoms with Crippen molar-refractivity contribution in [3.63, 3.8) is 0 Å². The number of nitrogens with two attached hydrogens (primary N) is 1. The summed E-state index contributed by atoms with van der Waals surface area (Å²) in [7, 11) is 1.54. The van der Waals surface area contributed by atoms with Gasteiger partial charge in [-0.3, -0.25) is 0 Å². The van der Waals surface area contributed by atoms with Crippen LogP contribution in [0.15, 0.2) is 36.4 Å². The lowest BCUT2D eigenvalue weighted by Crippen LogP contribution is -1.94. The minimum Gasteiger partial charge on any atom is -0.497 e. The van der Waals surface area contributed by atoms with Crippen molar-refractivity contribution in [2.45, 2.75) is 0 Å². The molecule has 0 amide bonds. The molecule has 4 nitrogen and oxygen atoms in total. The van der Waals surface area contributed by atoms with E-state index >= 15 is 0 Å². The van der Waals surface area contributed by atoms with Crippen LogP contribution in [0, 0.1) is 5.82 Å². The standard InChI is InChI=1S/C14H12FN3OS/c1-19-9-3-4-10(15)12(7-9)18-14-17-11-5-2-8(16)6-13(11)20-14/h2-7H,16H2,1H3,(H,17,18). The molecule has 0 aliphatic heterocycles. The Labute approximate surface area is 119 Å².